The van der Waals surface area contributed by atoms with Crippen molar-refractivity contribution in [1.82, 2.24) is 10.2 Å². The van der Waals surface area contributed by atoms with Crippen LogP contribution in [-0.2, 0) is 17.4 Å². The predicted molar refractivity (Wildman–Crippen MR) is 143 cm³/mol. The number of nitrogens with zero attached hydrogens (tertiary/aromatic N) is 1. The molecule has 3 rings (SSSR count). The number of amides is 1. The first-order valence-electron chi connectivity index (χ1n) is 12.3. The average molecular weight is 494 g/mol. The minimum absolute atomic E-state index is 0.0150. The number of ether oxygens (including phenoxy) is 1. The summed E-state index contributed by atoms with van der Waals surface area (Å²) < 4.78 is 5.88. The fraction of sp³-hybridized carbons (Fsp3) is 0.483. The van der Waals surface area contributed by atoms with Crippen LogP contribution in [0.2, 0.25) is 0 Å². The molecular weight excluding hydrogens is 454 g/mol. The molecule has 36 heavy (non-hydrogen) atoms. The second-order valence-electron chi connectivity index (χ2n) is 11.8. The smallest absolute Gasteiger partial charge is 0.254 e. The fourth-order valence-electron chi connectivity index (χ4n) is 4.43. The lowest BCUT2D eigenvalue weighted by Crippen LogP contribution is -2.31. The monoisotopic (exact) mass is 493 g/mol. The number of phenolic OH excluding ortho intramolecular Hbond substituents is 1. The van der Waals surface area contributed by atoms with Crippen molar-refractivity contribution in [3.05, 3.63) is 57.6 Å². The Labute approximate surface area is 214 Å². The quantitative estimate of drug-likeness (QED) is 0.483. The van der Waals surface area contributed by atoms with Crippen LogP contribution in [0.1, 0.15) is 98.4 Å². The molecule has 3 N–H and O–H groups in total. The van der Waals surface area contributed by atoms with Crippen molar-refractivity contribution in [1.29, 1.82) is 5.41 Å². The number of rotatable bonds is 6. The maximum atomic E-state index is 13.5. The normalized spacial score (nSPS) is 13.7. The van der Waals surface area contributed by atoms with Gasteiger partial charge in [0.25, 0.3) is 5.91 Å². The molecule has 0 bridgehead atoms. The van der Waals surface area contributed by atoms with E-state index in [9.17, 15) is 14.7 Å². The number of phenols is 1. The van der Waals surface area contributed by atoms with E-state index in [-0.39, 0.29) is 46.8 Å². The second-order valence-corrected chi connectivity index (χ2v) is 11.8. The number of carbonyl (C=O) groups is 2. The van der Waals surface area contributed by atoms with Gasteiger partial charge in [0.15, 0.2) is 5.78 Å². The number of amidine groups is 1. The SMILES string of the molecule is CNC(=O)c1cc2c(cc1OC(C)C)CN(CC(=O)c1cc(C(C)(C)C)c(O)c(C(C)(C)C)c1)C2=N. The Bertz CT molecular complexity index is 1180. The van der Waals surface area contributed by atoms with E-state index in [1.807, 2.05) is 55.4 Å². The lowest BCUT2D eigenvalue weighted by Gasteiger charge is -2.28. The molecule has 0 aliphatic carbocycles. The number of aromatic hydroxyl groups is 1. The van der Waals surface area contributed by atoms with Gasteiger partial charge in [0.05, 0.1) is 18.2 Å². The van der Waals surface area contributed by atoms with Crippen molar-refractivity contribution in [2.45, 2.75) is 78.9 Å². The molecule has 2 aromatic carbocycles. The van der Waals surface area contributed by atoms with Crippen LogP contribution in [0, 0.1) is 5.41 Å². The van der Waals surface area contributed by atoms with Gasteiger partial charge in [-0.25, -0.2) is 0 Å². The van der Waals surface area contributed by atoms with Crippen LogP contribution in [0.4, 0.5) is 0 Å². The van der Waals surface area contributed by atoms with Gasteiger partial charge in [0.1, 0.15) is 17.3 Å². The zero-order valence-corrected chi connectivity index (χ0v) is 22.9. The molecule has 0 atom stereocenters. The summed E-state index contributed by atoms with van der Waals surface area (Å²) in [6, 6.07) is 7.03. The summed E-state index contributed by atoms with van der Waals surface area (Å²) >= 11 is 0. The van der Waals surface area contributed by atoms with E-state index in [1.54, 1.807) is 36.2 Å². The Kier molecular flexibility index (Phi) is 7.26. The fourth-order valence-corrected chi connectivity index (χ4v) is 4.43. The maximum Gasteiger partial charge on any atom is 0.254 e. The highest BCUT2D eigenvalue weighted by Crippen LogP contribution is 2.40. The van der Waals surface area contributed by atoms with E-state index in [0.29, 0.717) is 29.0 Å². The molecule has 0 saturated heterocycles. The number of fused-ring (bicyclic) bond motifs is 1. The number of benzene rings is 2. The van der Waals surface area contributed by atoms with E-state index in [2.05, 4.69) is 5.32 Å². The van der Waals surface area contributed by atoms with Crippen molar-refractivity contribution >= 4 is 17.5 Å². The van der Waals surface area contributed by atoms with Gasteiger partial charge in [0.2, 0.25) is 0 Å². The summed E-state index contributed by atoms with van der Waals surface area (Å²) in [6.07, 6.45) is -0.117. The maximum absolute atomic E-state index is 13.5. The molecule has 1 amide bonds. The molecule has 0 unspecified atom stereocenters. The van der Waals surface area contributed by atoms with E-state index in [0.717, 1.165) is 16.7 Å². The van der Waals surface area contributed by atoms with Crippen LogP contribution in [0.15, 0.2) is 24.3 Å². The van der Waals surface area contributed by atoms with E-state index < -0.39 is 0 Å². The van der Waals surface area contributed by atoms with Crippen LogP contribution in [0.3, 0.4) is 0 Å². The number of hydrogen-bond acceptors (Lipinski definition) is 5. The molecule has 1 aliphatic heterocycles. The molecule has 194 valence electrons. The predicted octanol–water partition coefficient (Wildman–Crippen LogP) is 5.16. The molecular formula is C29H39N3O4. The molecule has 7 nitrogen and oxygen atoms in total. The molecule has 1 heterocycles. The third-order valence-corrected chi connectivity index (χ3v) is 6.35. The van der Waals surface area contributed by atoms with Gasteiger partial charge < -0.3 is 20.1 Å². The third kappa shape index (κ3) is 5.40. The summed E-state index contributed by atoms with van der Waals surface area (Å²) in [5.41, 5.74) is 3.10. The minimum Gasteiger partial charge on any atom is -0.507 e. The lowest BCUT2D eigenvalue weighted by atomic mass is 9.78. The first-order chi connectivity index (χ1) is 16.5. The highest BCUT2D eigenvalue weighted by atomic mass is 16.5. The zero-order valence-electron chi connectivity index (χ0n) is 22.9. The first kappa shape index (κ1) is 27.2. The van der Waals surface area contributed by atoms with Crippen molar-refractivity contribution < 1.29 is 19.4 Å². The van der Waals surface area contributed by atoms with Crippen LogP contribution >= 0.6 is 0 Å². The van der Waals surface area contributed by atoms with Gasteiger partial charge in [-0.2, -0.15) is 0 Å². The Morgan fingerprint density at radius 3 is 2.08 bits per heavy atom. The van der Waals surface area contributed by atoms with Crippen molar-refractivity contribution in [2.75, 3.05) is 13.6 Å². The number of hydrogen-bond donors (Lipinski definition) is 3. The van der Waals surface area contributed by atoms with Crippen LogP contribution in [0.5, 0.6) is 11.5 Å². The number of carbonyl (C=O) groups excluding carboxylic acids is 2. The van der Waals surface area contributed by atoms with E-state index in [1.165, 1.54) is 0 Å². The van der Waals surface area contributed by atoms with Gasteiger partial charge in [-0.15, -0.1) is 0 Å². The van der Waals surface area contributed by atoms with E-state index in [4.69, 9.17) is 10.1 Å². The second kappa shape index (κ2) is 9.60. The molecule has 7 heteroatoms. The zero-order chi connectivity index (χ0) is 27.2. The van der Waals surface area contributed by atoms with Gasteiger partial charge in [-0.3, -0.25) is 15.0 Å². The van der Waals surface area contributed by atoms with Crippen molar-refractivity contribution in [2.24, 2.45) is 0 Å². The molecule has 0 radical (unpaired) electrons. The molecule has 1 aliphatic rings. The Morgan fingerprint density at radius 2 is 1.61 bits per heavy atom. The Morgan fingerprint density at radius 1 is 1.06 bits per heavy atom. The van der Waals surface area contributed by atoms with Crippen LogP contribution in [0.25, 0.3) is 0 Å². The summed E-state index contributed by atoms with van der Waals surface area (Å²) in [5, 5.41) is 22.3. The van der Waals surface area contributed by atoms with Crippen molar-refractivity contribution in [3.8, 4) is 11.5 Å². The molecule has 0 spiro atoms. The van der Waals surface area contributed by atoms with Gasteiger partial charge >= 0.3 is 0 Å². The van der Waals surface area contributed by atoms with Gasteiger partial charge in [0, 0.05) is 35.8 Å². The summed E-state index contributed by atoms with van der Waals surface area (Å²) in [6.45, 7) is 16.2. The average Bonchev–Trinajstić information content (AvgIpc) is 3.04. The standard InChI is InChI=1S/C29H39N3O4/c1-16(2)36-24-12-18-14-32(26(30)19(18)13-20(24)27(35)31-9)15-23(33)17-10-21(28(3,4)5)25(34)22(11-17)29(6,7)8/h10-13,16,30,34H,14-15H2,1-9H3,(H,31,35). The van der Waals surface area contributed by atoms with Crippen molar-refractivity contribution in [3.63, 3.8) is 0 Å². The molecule has 0 aromatic heterocycles. The first-order valence-corrected chi connectivity index (χ1v) is 12.3. The number of nitrogens with one attached hydrogen (secondary N) is 2. The van der Waals surface area contributed by atoms with Gasteiger partial charge in [-0.1, -0.05) is 41.5 Å². The third-order valence-electron chi connectivity index (χ3n) is 6.35. The molecule has 0 saturated carbocycles. The lowest BCUT2D eigenvalue weighted by molar-refractivity contribution is 0.0951. The van der Waals surface area contributed by atoms with Crippen LogP contribution < -0.4 is 10.1 Å². The summed E-state index contributed by atoms with van der Waals surface area (Å²) in [7, 11) is 1.56. The largest absolute Gasteiger partial charge is 0.507 e. The summed E-state index contributed by atoms with van der Waals surface area (Å²) in [4.78, 5) is 27.7. The van der Waals surface area contributed by atoms with Gasteiger partial charge in [-0.05, 0) is 54.5 Å². The van der Waals surface area contributed by atoms with E-state index >= 15 is 0 Å². The number of ketones is 1. The Hall–Kier alpha value is -3.35. The molecule has 0 fully saturated rings. The minimum atomic E-state index is -0.347. The number of Topliss-reactive ketones (excluding diaryl/α,β-unsaturated/α-hetero) is 1. The highest BCUT2D eigenvalue weighted by Gasteiger charge is 2.31. The van der Waals surface area contributed by atoms with Crippen LogP contribution in [-0.4, -0.2) is 47.2 Å². The highest BCUT2D eigenvalue weighted by molar-refractivity contribution is 6.07. The Balaban J connectivity index is 1.96. The topological polar surface area (TPSA) is 103 Å². The summed E-state index contributed by atoms with van der Waals surface area (Å²) in [5.74, 6) is 0.475. The molecule has 2 aromatic rings.